The first-order chi connectivity index (χ1) is 9.31. The maximum Gasteiger partial charge on any atom is 0.243 e. The maximum absolute atomic E-state index is 13.6. The van der Waals surface area contributed by atoms with Crippen LogP contribution >= 0.6 is 0 Å². The zero-order valence-corrected chi connectivity index (χ0v) is 12.5. The van der Waals surface area contributed by atoms with Gasteiger partial charge in [-0.1, -0.05) is 0 Å². The van der Waals surface area contributed by atoms with Crippen LogP contribution in [0.5, 0.6) is 0 Å². The molecule has 0 amide bonds. The Morgan fingerprint density at radius 1 is 1.50 bits per heavy atom. The fraction of sp³-hybridized carbons (Fsp3) is 0.538. The quantitative estimate of drug-likeness (QED) is 0.773. The molecule has 0 aromatic heterocycles. The lowest BCUT2D eigenvalue weighted by Crippen LogP contribution is -2.41. The summed E-state index contributed by atoms with van der Waals surface area (Å²) in [4.78, 5) is 1.73. The third kappa shape index (κ3) is 3.47. The molecule has 2 rings (SSSR count). The van der Waals surface area contributed by atoms with Gasteiger partial charge in [0.1, 0.15) is 10.7 Å². The molecule has 1 aromatic carbocycles. The van der Waals surface area contributed by atoms with Crippen molar-refractivity contribution in [3.63, 3.8) is 0 Å². The van der Waals surface area contributed by atoms with Crippen LogP contribution < -0.4 is 10.5 Å². The molecule has 0 saturated heterocycles. The van der Waals surface area contributed by atoms with E-state index in [0.717, 1.165) is 25.0 Å². The van der Waals surface area contributed by atoms with Gasteiger partial charge in [-0.25, -0.2) is 17.5 Å². The van der Waals surface area contributed by atoms with Gasteiger partial charge >= 0.3 is 0 Å². The number of likely N-dealkylation sites (N-methyl/N-ethyl adjacent to an activating group) is 1. The van der Waals surface area contributed by atoms with Crippen molar-refractivity contribution in [2.75, 3.05) is 19.3 Å². The molecular weight excluding hydrogens is 281 g/mol. The Labute approximate surface area is 119 Å². The third-order valence-corrected chi connectivity index (χ3v) is 5.07. The largest absolute Gasteiger partial charge is 0.399 e. The van der Waals surface area contributed by atoms with E-state index >= 15 is 0 Å². The molecule has 20 heavy (non-hydrogen) atoms. The van der Waals surface area contributed by atoms with Crippen molar-refractivity contribution in [3.05, 3.63) is 24.0 Å². The molecule has 1 aliphatic rings. The number of halogens is 1. The van der Waals surface area contributed by atoms with Gasteiger partial charge in [-0.2, -0.15) is 0 Å². The van der Waals surface area contributed by atoms with Crippen LogP contribution in [-0.4, -0.2) is 39.0 Å². The van der Waals surface area contributed by atoms with Gasteiger partial charge in [0.2, 0.25) is 10.0 Å². The first-order valence-electron chi connectivity index (χ1n) is 6.58. The Morgan fingerprint density at radius 2 is 2.15 bits per heavy atom. The normalized spacial score (nSPS) is 17.4. The second kappa shape index (κ2) is 5.67. The van der Waals surface area contributed by atoms with Crippen molar-refractivity contribution < 1.29 is 12.8 Å². The molecule has 7 heteroatoms. The molecule has 1 atom stereocenters. The predicted molar refractivity (Wildman–Crippen MR) is 76.2 cm³/mol. The van der Waals surface area contributed by atoms with Gasteiger partial charge in [-0.05, 0) is 45.0 Å². The summed E-state index contributed by atoms with van der Waals surface area (Å²) in [5.74, 6) is -0.796. The fourth-order valence-electron chi connectivity index (χ4n) is 2.02. The zero-order chi connectivity index (χ0) is 14.9. The van der Waals surface area contributed by atoms with Crippen LogP contribution in [0.15, 0.2) is 23.1 Å². The molecular formula is C13H20FN3O2S. The topological polar surface area (TPSA) is 75.4 Å². The number of sulfonamides is 1. The van der Waals surface area contributed by atoms with E-state index in [-0.39, 0.29) is 18.3 Å². The molecule has 0 spiro atoms. The second-order valence-corrected chi connectivity index (χ2v) is 7.02. The molecule has 0 aliphatic heterocycles. The molecule has 0 heterocycles. The summed E-state index contributed by atoms with van der Waals surface area (Å²) in [7, 11) is -1.91. The van der Waals surface area contributed by atoms with Gasteiger partial charge < -0.3 is 5.73 Å². The van der Waals surface area contributed by atoms with Crippen molar-refractivity contribution in [3.8, 4) is 0 Å². The van der Waals surface area contributed by atoms with Gasteiger partial charge in [0, 0.05) is 24.3 Å². The van der Waals surface area contributed by atoms with Crippen LogP contribution in [0.2, 0.25) is 0 Å². The number of nitrogens with one attached hydrogen (secondary N) is 1. The van der Waals surface area contributed by atoms with Crippen molar-refractivity contribution in [1.29, 1.82) is 0 Å². The fourth-order valence-corrected chi connectivity index (χ4v) is 3.25. The highest BCUT2D eigenvalue weighted by atomic mass is 32.2. The van der Waals surface area contributed by atoms with Crippen LogP contribution in [0.4, 0.5) is 10.1 Å². The van der Waals surface area contributed by atoms with E-state index in [1.54, 1.807) is 0 Å². The van der Waals surface area contributed by atoms with E-state index in [1.807, 2.05) is 14.0 Å². The van der Waals surface area contributed by atoms with Crippen LogP contribution in [-0.2, 0) is 10.0 Å². The van der Waals surface area contributed by atoms with E-state index < -0.39 is 20.7 Å². The Morgan fingerprint density at radius 3 is 2.75 bits per heavy atom. The first-order valence-corrected chi connectivity index (χ1v) is 8.06. The highest BCUT2D eigenvalue weighted by Gasteiger charge is 2.30. The number of rotatable bonds is 6. The molecule has 1 saturated carbocycles. The van der Waals surface area contributed by atoms with Gasteiger partial charge in [-0.3, -0.25) is 4.90 Å². The average molecular weight is 301 g/mol. The van der Waals surface area contributed by atoms with Crippen LogP contribution in [0.3, 0.4) is 0 Å². The van der Waals surface area contributed by atoms with E-state index in [2.05, 4.69) is 9.62 Å². The van der Waals surface area contributed by atoms with Crippen molar-refractivity contribution >= 4 is 15.7 Å². The minimum Gasteiger partial charge on any atom is -0.399 e. The smallest absolute Gasteiger partial charge is 0.243 e. The van der Waals surface area contributed by atoms with Gasteiger partial charge in [0.05, 0.1) is 0 Å². The maximum atomic E-state index is 13.6. The SMILES string of the molecule is CC(CNS(=O)(=O)c1cc(N)ccc1F)N(C)C1CC1. The number of nitrogens with zero attached hydrogens (tertiary/aromatic N) is 1. The summed E-state index contributed by atoms with van der Waals surface area (Å²) in [5, 5.41) is 0. The number of hydrogen-bond acceptors (Lipinski definition) is 4. The first kappa shape index (κ1) is 15.2. The molecule has 0 radical (unpaired) electrons. The molecule has 1 aromatic rings. The summed E-state index contributed by atoms with van der Waals surface area (Å²) in [6.45, 7) is 2.18. The Hall–Kier alpha value is -1.18. The number of nitrogens with two attached hydrogens (primary N) is 1. The molecule has 1 aliphatic carbocycles. The highest BCUT2D eigenvalue weighted by molar-refractivity contribution is 7.89. The lowest BCUT2D eigenvalue weighted by molar-refractivity contribution is 0.248. The summed E-state index contributed by atoms with van der Waals surface area (Å²) in [5.41, 5.74) is 5.73. The van der Waals surface area contributed by atoms with E-state index in [1.165, 1.54) is 6.07 Å². The lowest BCUT2D eigenvalue weighted by Gasteiger charge is -2.24. The van der Waals surface area contributed by atoms with Gasteiger partial charge in [-0.15, -0.1) is 0 Å². The molecule has 1 unspecified atom stereocenters. The number of hydrogen-bond donors (Lipinski definition) is 2. The number of anilines is 1. The summed E-state index contributed by atoms with van der Waals surface area (Å²) in [6.07, 6.45) is 2.30. The van der Waals surface area contributed by atoms with E-state index in [4.69, 9.17) is 5.73 Å². The Bertz CT molecular complexity index is 587. The summed E-state index contributed by atoms with van der Waals surface area (Å²) in [6, 6.07) is 4.12. The van der Waals surface area contributed by atoms with Crippen LogP contribution in [0.25, 0.3) is 0 Å². The van der Waals surface area contributed by atoms with Crippen LogP contribution in [0, 0.1) is 5.82 Å². The predicted octanol–water partition coefficient (Wildman–Crippen LogP) is 1.17. The van der Waals surface area contributed by atoms with Gasteiger partial charge in [0.25, 0.3) is 0 Å². The van der Waals surface area contributed by atoms with Crippen LogP contribution in [0.1, 0.15) is 19.8 Å². The molecule has 5 nitrogen and oxygen atoms in total. The standard InChI is InChI=1S/C13H20FN3O2S/c1-9(17(2)11-4-5-11)8-16-20(18,19)13-7-10(15)3-6-12(13)14/h3,6-7,9,11,16H,4-5,8,15H2,1-2H3. The summed E-state index contributed by atoms with van der Waals surface area (Å²) >= 11 is 0. The number of nitrogen functional groups attached to an aromatic ring is 1. The molecule has 1 fully saturated rings. The molecule has 112 valence electrons. The van der Waals surface area contributed by atoms with E-state index in [9.17, 15) is 12.8 Å². The minimum absolute atomic E-state index is 0.0568. The molecule has 3 N–H and O–H groups in total. The van der Waals surface area contributed by atoms with E-state index in [0.29, 0.717) is 6.04 Å². The summed E-state index contributed by atoms with van der Waals surface area (Å²) < 4.78 is 40.2. The Balaban J connectivity index is 2.05. The van der Waals surface area contributed by atoms with Crippen molar-refractivity contribution in [2.45, 2.75) is 36.7 Å². The second-order valence-electron chi connectivity index (χ2n) is 5.29. The zero-order valence-electron chi connectivity index (χ0n) is 11.6. The minimum atomic E-state index is -3.88. The third-order valence-electron chi connectivity index (χ3n) is 3.63. The van der Waals surface area contributed by atoms with Crippen molar-refractivity contribution in [1.82, 2.24) is 9.62 Å². The Kier molecular flexibility index (Phi) is 4.31. The lowest BCUT2D eigenvalue weighted by atomic mass is 10.3. The monoisotopic (exact) mass is 301 g/mol. The highest BCUT2D eigenvalue weighted by Crippen LogP contribution is 2.26. The van der Waals surface area contributed by atoms with Gasteiger partial charge in [0.15, 0.2) is 0 Å². The van der Waals surface area contributed by atoms with Crippen molar-refractivity contribution in [2.24, 2.45) is 0 Å². The molecule has 0 bridgehead atoms. The average Bonchev–Trinajstić information content (AvgIpc) is 3.22. The number of benzene rings is 1.